The van der Waals surface area contributed by atoms with Gasteiger partial charge in [-0.05, 0) is 45.6 Å². The first-order valence-electron chi connectivity index (χ1n) is 7.18. The second-order valence-corrected chi connectivity index (χ2v) is 6.18. The zero-order chi connectivity index (χ0) is 11.5. The van der Waals surface area contributed by atoms with Crippen molar-refractivity contribution in [1.82, 2.24) is 10.6 Å². The Labute approximate surface area is 101 Å². The molecule has 0 aromatic rings. The van der Waals surface area contributed by atoms with Gasteiger partial charge in [-0.15, -0.1) is 0 Å². The van der Waals surface area contributed by atoms with Gasteiger partial charge in [-0.3, -0.25) is 0 Å². The predicted octanol–water partition coefficient (Wildman–Crippen LogP) is 2.83. The van der Waals surface area contributed by atoms with E-state index < -0.39 is 0 Å². The minimum atomic E-state index is 0.417. The van der Waals surface area contributed by atoms with Gasteiger partial charge >= 0.3 is 0 Å². The van der Waals surface area contributed by atoms with Crippen molar-refractivity contribution in [2.75, 3.05) is 13.1 Å². The average Bonchev–Trinajstić information content (AvgIpc) is 2.87. The second-order valence-electron chi connectivity index (χ2n) is 6.18. The van der Waals surface area contributed by atoms with Crippen LogP contribution in [-0.4, -0.2) is 24.2 Å². The lowest BCUT2D eigenvalue weighted by Crippen LogP contribution is -2.53. The van der Waals surface area contributed by atoms with Gasteiger partial charge in [0.1, 0.15) is 0 Å². The number of hydrogen-bond donors (Lipinski definition) is 2. The summed E-state index contributed by atoms with van der Waals surface area (Å²) >= 11 is 0. The molecule has 0 aromatic carbocycles. The van der Waals surface area contributed by atoms with Crippen LogP contribution in [0.1, 0.15) is 65.2 Å². The summed E-state index contributed by atoms with van der Waals surface area (Å²) < 4.78 is 0. The molecule has 2 N–H and O–H groups in total. The van der Waals surface area contributed by atoms with Crippen molar-refractivity contribution in [3.05, 3.63) is 0 Å². The molecule has 16 heavy (non-hydrogen) atoms. The largest absolute Gasteiger partial charge is 0.310 e. The highest BCUT2D eigenvalue weighted by molar-refractivity contribution is 4.98. The van der Waals surface area contributed by atoms with Gasteiger partial charge in [0, 0.05) is 17.6 Å². The third-order valence-corrected chi connectivity index (χ3v) is 4.62. The molecule has 0 aromatic heterocycles. The Morgan fingerprint density at radius 3 is 2.44 bits per heavy atom. The van der Waals surface area contributed by atoms with E-state index in [0.29, 0.717) is 11.1 Å². The zero-order valence-electron chi connectivity index (χ0n) is 11.1. The molecule has 2 nitrogen and oxygen atoms in total. The van der Waals surface area contributed by atoms with E-state index in [1.54, 1.807) is 0 Å². The molecule has 2 heteroatoms. The fraction of sp³-hybridized carbons (Fsp3) is 1.00. The molecule has 0 amide bonds. The first-order valence-corrected chi connectivity index (χ1v) is 7.18. The predicted molar refractivity (Wildman–Crippen MR) is 69.8 cm³/mol. The molecule has 2 fully saturated rings. The van der Waals surface area contributed by atoms with Crippen molar-refractivity contribution in [3.63, 3.8) is 0 Å². The van der Waals surface area contributed by atoms with Crippen LogP contribution < -0.4 is 10.6 Å². The molecule has 94 valence electrons. The molecule has 1 unspecified atom stereocenters. The molecule has 1 saturated carbocycles. The van der Waals surface area contributed by atoms with Gasteiger partial charge in [0.15, 0.2) is 0 Å². The molecule has 0 radical (unpaired) electrons. The summed E-state index contributed by atoms with van der Waals surface area (Å²) in [7, 11) is 0. The van der Waals surface area contributed by atoms with Crippen LogP contribution >= 0.6 is 0 Å². The molecule has 1 aliphatic carbocycles. The van der Waals surface area contributed by atoms with Gasteiger partial charge in [0.2, 0.25) is 0 Å². The van der Waals surface area contributed by atoms with Gasteiger partial charge in [-0.2, -0.15) is 0 Å². The highest BCUT2D eigenvalue weighted by Crippen LogP contribution is 2.31. The Morgan fingerprint density at radius 1 is 1.12 bits per heavy atom. The molecule has 0 bridgehead atoms. The van der Waals surface area contributed by atoms with Gasteiger partial charge in [0.05, 0.1) is 0 Å². The maximum absolute atomic E-state index is 3.86. The lowest BCUT2D eigenvalue weighted by molar-refractivity contribution is 0.267. The van der Waals surface area contributed by atoms with Crippen molar-refractivity contribution in [1.29, 1.82) is 0 Å². The van der Waals surface area contributed by atoms with E-state index in [1.807, 2.05) is 0 Å². The van der Waals surface area contributed by atoms with Crippen LogP contribution in [0.5, 0.6) is 0 Å². The quantitative estimate of drug-likeness (QED) is 0.750. The van der Waals surface area contributed by atoms with Crippen molar-refractivity contribution >= 4 is 0 Å². The molecule has 2 aliphatic rings. The van der Waals surface area contributed by atoms with Crippen LogP contribution in [0.2, 0.25) is 0 Å². The molecular weight excluding hydrogens is 196 g/mol. The molecule has 2 rings (SSSR count). The summed E-state index contributed by atoms with van der Waals surface area (Å²) in [6, 6.07) is 0. The normalized spacial score (nSPS) is 33.4. The molecule has 1 heterocycles. The minimum absolute atomic E-state index is 0.417. The highest BCUT2D eigenvalue weighted by Gasteiger charge is 2.36. The zero-order valence-corrected chi connectivity index (χ0v) is 11.1. The first kappa shape index (κ1) is 12.4. The summed E-state index contributed by atoms with van der Waals surface area (Å²) in [5.74, 6) is 0. The average molecular weight is 224 g/mol. The Kier molecular flexibility index (Phi) is 3.91. The van der Waals surface area contributed by atoms with Crippen molar-refractivity contribution in [2.24, 2.45) is 0 Å². The van der Waals surface area contributed by atoms with Crippen LogP contribution in [0.4, 0.5) is 0 Å². The van der Waals surface area contributed by atoms with E-state index >= 15 is 0 Å². The van der Waals surface area contributed by atoms with Crippen LogP contribution in [0.25, 0.3) is 0 Å². The maximum Gasteiger partial charge on any atom is 0.0306 e. The third-order valence-electron chi connectivity index (χ3n) is 4.62. The van der Waals surface area contributed by atoms with Gasteiger partial charge < -0.3 is 10.6 Å². The molecule has 0 spiro atoms. The molecule has 1 atom stereocenters. The first-order chi connectivity index (χ1) is 7.68. The maximum atomic E-state index is 3.86. The second kappa shape index (κ2) is 5.05. The van der Waals surface area contributed by atoms with Gasteiger partial charge in [-0.25, -0.2) is 0 Å². The fourth-order valence-corrected chi connectivity index (χ4v) is 3.51. The summed E-state index contributed by atoms with van der Waals surface area (Å²) in [5, 5.41) is 7.61. The highest BCUT2D eigenvalue weighted by atomic mass is 15.1. The standard InChI is InChI=1S/C14H28N2/c1-3-7-14(10-6-11-15-14)12-16-13(2)8-4-5-9-13/h15-16H,3-12H2,1-2H3. The van der Waals surface area contributed by atoms with Crippen LogP contribution in [-0.2, 0) is 0 Å². The smallest absolute Gasteiger partial charge is 0.0306 e. The topological polar surface area (TPSA) is 24.1 Å². The van der Waals surface area contributed by atoms with Gasteiger partial charge in [0.25, 0.3) is 0 Å². The van der Waals surface area contributed by atoms with Crippen LogP contribution in [0.15, 0.2) is 0 Å². The number of nitrogens with one attached hydrogen (secondary N) is 2. The number of rotatable bonds is 5. The summed E-state index contributed by atoms with van der Waals surface area (Å²) in [4.78, 5) is 0. The van der Waals surface area contributed by atoms with Crippen LogP contribution in [0.3, 0.4) is 0 Å². The Bertz CT molecular complexity index is 213. The lowest BCUT2D eigenvalue weighted by Gasteiger charge is -2.35. The minimum Gasteiger partial charge on any atom is -0.310 e. The van der Waals surface area contributed by atoms with Gasteiger partial charge in [-0.1, -0.05) is 26.2 Å². The summed E-state index contributed by atoms with van der Waals surface area (Å²) in [6.45, 7) is 7.11. The van der Waals surface area contributed by atoms with Crippen molar-refractivity contribution < 1.29 is 0 Å². The molecular formula is C14H28N2. The summed E-state index contributed by atoms with van der Waals surface area (Å²) in [5.41, 5.74) is 0.853. The molecule has 1 aliphatic heterocycles. The fourth-order valence-electron chi connectivity index (χ4n) is 3.51. The Hall–Kier alpha value is -0.0800. The summed E-state index contributed by atoms with van der Waals surface area (Å²) in [6.07, 6.45) is 10.9. The van der Waals surface area contributed by atoms with E-state index in [2.05, 4.69) is 24.5 Å². The van der Waals surface area contributed by atoms with E-state index in [1.165, 1.54) is 64.5 Å². The van der Waals surface area contributed by atoms with Crippen molar-refractivity contribution in [3.8, 4) is 0 Å². The lowest BCUT2D eigenvalue weighted by atomic mass is 9.90. The number of hydrogen-bond acceptors (Lipinski definition) is 2. The monoisotopic (exact) mass is 224 g/mol. The van der Waals surface area contributed by atoms with E-state index in [4.69, 9.17) is 0 Å². The van der Waals surface area contributed by atoms with E-state index in [0.717, 1.165) is 0 Å². The Morgan fingerprint density at radius 2 is 1.88 bits per heavy atom. The van der Waals surface area contributed by atoms with E-state index in [9.17, 15) is 0 Å². The molecule has 1 saturated heterocycles. The van der Waals surface area contributed by atoms with E-state index in [-0.39, 0.29) is 0 Å². The third kappa shape index (κ3) is 2.78. The van der Waals surface area contributed by atoms with Crippen LogP contribution in [0, 0.1) is 0 Å². The van der Waals surface area contributed by atoms with Crippen molar-refractivity contribution in [2.45, 2.75) is 76.3 Å². The Balaban J connectivity index is 1.86. The SMILES string of the molecule is CCCC1(CNC2(C)CCCC2)CCCN1.